The summed E-state index contributed by atoms with van der Waals surface area (Å²) in [6, 6.07) is 8.70. The summed E-state index contributed by atoms with van der Waals surface area (Å²) in [5.74, 6) is -3.44. The number of rotatable bonds is 4. The number of alkyl halides is 3. The third-order valence-corrected chi connectivity index (χ3v) is 7.15. The summed E-state index contributed by atoms with van der Waals surface area (Å²) in [6.07, 6.45) is -0.672. The molecule has 1 aliphatic rings. The molecule has 214 valence electrons. The van der Waals surface area contributed by atoms with Gasteiger partial charge in [0.05, 0.1) is 17.8 Å². The molecule has 1 aliphatic heterocycles. The molecule has 14 heteroatoms. The minimum Gasteiger partial charge on any atom is -0.341 e. The Kier molecular flexibility index (Phi) is 6.58. The number of carbonyl (C=O) groups is 2. The number of amides is 2. The maximum absolute atomic E-state index is 14.2. The lowest BCUT2D eigenvalue weighted by Crippen LogP contribution is -2.21. The van der Waals surface area contributed by atoms with Gasteiger partial charge in [-0.2, -0.15) is 18.4 Å². The Bertz CT molecular complexity index is 2030. The minimum atomic E-state index is -4.92. The van der Waals surface area contributed by atoms with Gasteiger partial charge in [-0.15, -0.1) is 0 Å². The zero-order valence-corrected chi connectivity index (χ0v) is 22.1. The highest BCUT2D eigenvalue weighted by Gasteiger charge is 2.36. The largest absolute Gasteiger partial charge is 0.416 e. The number of hydrogen-bond acceptors (Lipinski definition) is 5. The second-order valence-corrected chi connectivity index (χ2v) is 9.91. The molecule has 0 bridgehead atoms. The number of aromatic nitrogens is 3. The van der Waals surface area contributed by atoms with Gasteiger partial charge in [-0.25, -0.2) is 18.7 Å². The van der Waals surface area contributed by atoms with E-state index < -0.39 is 46.8 Å². The molecule has 2 amide bonds. The normalized spacial score (nSPS) is 14.3. The number of nitriles is 1. The lowest BCUT2D eigenvalue weighted by Gasteiger charge is -2.19. The molecule has 6 rings (SSSR count). The fourth-order valence-corrected chi connectivity index (χ4v) is 5.08. The molecule has 0 saturated heterocycles. The number of carbonyl (C=O) groups excluding carboxylic acids is 2. The van der Waals surface area contributed by atoms with E-state index in [9.17, 15) is 36.8 Å². The minimum absolute atomic E-state index is 0.0413. The Balaban J connectivity index is 1.52. The third kappa shape index (κ3) is 5.02. The molecule has 8 nitrogen and oxygen atoms in total. The van der Waals surface area contributed by atoms with Crippen LogP contribution in [0.3, 0.4) is 0 Å². The molecule has 0 spiro atoms. The Morgan fingerprint density at radius 2 is 1.79 bits per heavy atom. The second-order valence-electron chi connectivity index (χ2n) is 9.51. The van der Waals surface area contributed by atoms with Gasteiger partial charge in [0.1, 0.15) is 23.4 Å². The monoisotopic (exact) mass is 608 g/mol. The molecule has 5 aromatic rings. The Labute approximate surface area is 243 Å². The summed E-state index contributed by atoms with van der Waals surface area (Å²) < 4.78 is 69.7. The second kappa shape index (κ2) is 10.2. The van der Waals surface area contributed by atoms with Crippen LogP contribution in [0.15, 0.2) is 67.1 Å². The van der Waals surface area contributed by atoms with Gasteiger partial charge in [0, 0.05) is 50.9 Å². The van der Waals surface area contributed by atoms with E-state index >= 15 is 0 Å². The zero-order valence-electron chi connectivity index (χ0n) is 21.3. The van der Waals surface area contributed by atoms with Crippen molar-refractivity contribution in [1.82, 2.24) is 19.7 Å². The zero-order chi connectivity index (χ0) is 30.6. The number of anilines is 1. The Morgan fingerprint density at radius 1 is 1.02 bits per heavy atom. The molecular formula is C29H14ClF5N6O2. The van der Waals surface area contributed by atoms with E-state index in [0.717, 1.165) is 12.1 Å². The van der Waals surface area contributed by atoms with E-state index in [4.69, 9.17) is 11.6 Å². The lowest BCUT2D eigenvalue weighted by atomic mass is 9.93. The summed E-state index contributed by atoms with van der Waals surface area (Å²) in [7, 11) is 0. The molecule has 0 saturated carbocycles. The highest BCUT2D eigenvalue weighted by Crippen LogP contribution is 2.42. The van der Waals surface area contributed by atoms with E-state index in [0.29, 0.717) is 23.3 Å². The van der Waals surface area contributed by atoms with Gasteiger partial charge < -0.3 is 10.6 Å². The number of imidazole rings is 1. The van der Waals surface area contributed by atoms with Crippen molar-refractivity contribution in [3.63, 3.8) is 0 Å². The van der Waals surface area contributed by atoms with E-state index in [-0.39, 0.29) is 44.9 Å². The fraction of sp³-hybridized carbons (Fsp3) is 0.0690. The van der Waals surface area contributed by atoms with Crippen molar-refractivity contribution in [3.05, 3.63) is 117 Å². The van der Waals surface area contributed by atoms with E-state index in [2.05, 4.69) is 20.6 Å². The Morgan fingerprint density at radius 3 is 2.53 bits per heavy atom. The fourth-order valence-electron chi connectivity index (χ4n) is 4.86. The van der Waals surface area contributed by atoms with Crippen LogP contribution < -0.4 is 10.6 Å². The van der Waals surface area contributed by atoms with E-state index in [1.807, 2.05) is 6.07 Å². The van der Waals surface area contributed by atoms with Crippen molar-refractivity contribution in [3.8, 4) is 17.2 Å². The average Bonchev–Trinajstić information content (AvgIpc) is 3.53. The van der Waals surface area contributed by atoms with Gasteiger partial charge in [0.2, 0.25) is 5.78 Å². The highest BCUT2D eigenvalue weighted by molar-refractivity contribution is 6.31. The van der Waals surface area contributed by atoms with Crippen molar-refractivity contribution >= 4 is 34.9 Å². The van der Waals surface area contributed by atoms with Crippen LogP contribution in [-0.2, 0) is 6.18 Å². The third-order valence-electron chi connectivity index (χ3n) is 6.81. The molecule has 2 N–H and O–H groups in total. The van der Waals surface area contributed by atoms with Gasteiger partial charge in [0.15, 0.2) is 0 Å². The van der Waals surface area contributed by atoms with Gasteiger partial charge in [0.25, 0.3) is 11.8 Å². The first-order valence-electron chi connectivity index (χ1n) is 12.3. The van der Waals surface area contributed by atoms with Gasteiger partial charge in [-0.3, -0.25) is 14.0 Å². The summed E-state index contributed by atoms with van der Waals surface area (Å²) in [5, 5.41) is 14.7. The summed E-state index contributed by atoms with van der Waals surface area (Å²) in [4.78, 5) is 34.7. The van der Waals surface area contributed by atoms with Crippen LogP contribution in [0.2, 0.25) is 5.02 Å². The predicted molar refractivity (Wildman–Crippen MR) is 143 cm³/mol. The molecule has 1 atom stereocenters. The lowest BCUT2D eigenvalue weighted by molar-refractivity contribution is -0.137. The van der Waals surface area contributed by atoms with Gasteiger partial charge in [-0.1, -0.05) is 11.6 Å². The summed E-state index contributed by atoms with van der Waals surface area (Å²) in [6.45, 7) is 0. The van der Waals surface area contributed by atoms with E-state index in [1.54, 1.807) is 0 Å². The highest BCUT2D eigenvalue weighted by atomic mass is 35.5. The quantitative estimate of drug-likeness (QED) is 0.233. The standard InChI is InChI=1S/C29H14ClF5N6O2/c30-22-2-1-17(31)8-20(22)25-24-21(27(43)40-25)5-13(15-10-37-28-38-11-19(9-36)41(28)12-15)6-23(24)39-26(42)14-3-16(29(33,34)35)7-18(32)4-14/h1-8,10-12,25H,(H,39,42)(H,40,43). The number of nitrogens with zero attached hydrogens (tertiary/aromatic N) is 4. The molecule has 0 radical (unpaired) electrons. The van der Waals surface area contributed by atoms with Crippen LogP contribution in [0, 0.1) is 23.0 Å². The molecule has 2 aromatic heterocycles. The first kappa shape index (κ1) is 27.8. The van der Waals surface area contributed by atoms with Crippen molar-refractivity contribution in [2.45, 2.75) is 12.2 Å². The average molecular weight is 609 g/mol. The van der Waals surface area contributed by atoms with Gasteiger partial charge >= 0.3 is 6.18 Å². The van der Waals surface area contributed by atoms with Crippen molar-refractivity contribution in [2.75, 3.05) is 5.32 Å². The van der Waals surface area contributed by atoms with Crippen molar-refractivity contribution in [2.24, 2.45) is 0 Å². The molecule has 0 aliphatic carbocycles. The molecule has 43 heavy (non-hydrogen) atoms. The molecule has 0 fully saturated rings. The Hall–Kier alpha value is -5.35. The first-order valence-corrected chi connectivity index (χ1v) is 12.7. The number of fused-ring (bicyclic) bond motifs is 2. The number of hydrogen-bond donors (Lipinski definition) is 2. The van der Waals surface area contributed by atoms with Gasteiger partial charge in [-0.05, 0) is 54.1 Å². The SMILES string of the molecule is N#Cc1cnc2ncc(-c3cc(NC(=O)c4cc(F)cc(C(F)(F)F)c4)c4c(c3)C(=O)NC4c3cc(F)ccc3Cl)cn12. The summed E-state index contributed by atoms with van der Waals surface area (Å²) in [5.41, 5.74) is -0.842. The van der Waals surface area contributed by atoms with Crippen LogP contribution in [0.1, 0.15) is 49.1 Å². The molecule has 3 aromatic carbocycles. The smallest absolute Gasteiger partial charge is 0.341 e. The molecule has 3 heterocycles. The topological polar surface area (TPSA) is 112 Å². The number of benzene rings is 3. The first-order chi connectivity index (χ1) is 20.4. The maximum Gasteiger partial charge on any atom is 0.416 e. The van der Waals surface area contributed by atoms with Crippen LogP contribution in [-0.4, -0.2) is 26.2 Å². The van der Waals surface area contributed by atoms with E-state index in [1.165, 1.54) is 41.2 Å². The molecule has 1 unspecified atom stereocenters. The summed E-state index contributed by atoms with van der Waals surface area (Å²) >= 11 is 6.33. The van der Waals surface area contributed by atoms with Crippen molar-refractivity contribution < 1.29 is 31.5 Å². The number of halogens is 6. The number of nitrogens with one attached hydrogen (secondary N) is 2. The van der Waals surface area contributed by atoms with Crippen molar-refractivity contribution in [1.29, 1.82) is 5.26 Å². The van der Waals surface area contributed by atoms with Crippen LogP contribution in [0.5, 0.6) is 0 Å². The maximum atomic E-state index is 14.2. The predicted octanol–water partition coefficient (Wildman–Crippen LogP) is 6.30. The van der Waals surface area contributed by atoms with Crippen LogP contribution in [0.25, 0.3) is 16.9 Å². The molecular weight excluding hydrogens is 595 g/mol. The van der Waals surface area contributed by atoms with Crippen LogP contribution >= 0.6 is 11.6 Å². The van der Waals surface area contributed by atoms with Crippen LogP contribution in [0.4, 0.5) is 27.6 Å².